The highest BCUT2D eigenvalue weighted by Gasteiger charge is 2.32. The van der Waals surface area contributed by atoms with Crippen LogP contribution < -0.4 is 0 Å². The first-order valence-corrected chi connectivity index (χ1v) is 11.7. The first kappa shape index (κ1) is 22.2. The molecule has 0 aliphatic carbocycles. The molecule has 3 aromatic rings. The van der Waals surface area contributed by atoms with Crippen LogP contribution in [-0.4, -0.2) is 66.5 Å². The molecule has 2 saturated heterocycles. The first-order valence-electron chi connectivity index (χ1n) is 11.7. The molecule has 0 radical (unpaired) electrons. The van der Waals surface area contributed by atoms with Crippen LogP contribution in [0.1, 0.15) is 27.6 Å². The van der Waals surface area contributed by atoms with Crippen molar-refractivity contribution in [2.75, 3.05) is 39.8 Å². The minimum Gasteiger partial charge on any atom is -0.439 e. The zero-order chi connectivity index (χ0) is 23.5. The topological polar surface area (TPSA) is 53.1 Å². The SMILES string of the molecule is CN1CCN(C(=O)c2ccc(-c3ccc(CN4C[C@@H](c5ccccc5)OC4=O)cc3)cc2)CC1. The summed E-state index contributed by atoms with van der Waals surface area (Å²) in [5, 5.41) is 0. The number of hydrogen-bond acceptors (Lipinski definition) is 4. The van der Waals surface area contributed by atoms with Crippen molar-refractivity contribution in [1.82, 2.24) is 14.7 Å². The minimum absolute atomic E-state index is 0.0984. The summed E-state index contributed by atoms with van der Waals surface area (Å²) in [7, 11) is 2.08. The summed E-state index contributed by atoms with van der Waals surface area (Å²) in [5.74, 6) is 0.0984. The molecule has 2 amide bonds. The van der Waals surface area contributed by atoms with Crippen LogP contribution in [0.15, 0.2) is 78.9 Å². The van der Waals surface area contributed by atoms with Crippen LogP contribution in [0.4, 0.5) is 4.79 Å². The number of likely N-dealkylation sites (N-methyl/N-ethyl adjacent to an activating group) is 1. The van der Waals surface area contributed by atoms with Crippen LogP contribution in [0.5, 0.6) is 0 Å². The van der Waals surface area contributed by atoms with Gasteiger partial charge in [0.15, 0.2) is 0 Å². The number of carbonyl (C=O) groups is 2. The molecular weight excluding hydrogens is 426 g/mol. The molecule has 2 aliphatic rings. The standard InChI is InChI=1S/C28H29N3O3/c1-29-15-17-30(18-16-29)27(32)25-13-11-23(12-14-25)22-9-7-21(8-10-22)19-31-20-26(34-28(31)33)24-5-3-2-4-6-24/h2-14,26H,15-20H2,1H3/t26-/m0/s1. The van der Waals surface area contributed by atoms with Gasteiger partial charge >= 0.3 is 6.09 Å². The van der Waals surface area contributed by atoms with Gasteiger partial charge in [0, 0.05) is 38.3 Å². The highest BCUT2D eigenvalue weighted by molar-refractivity contribution is 5.94. The van der Waals surface area contributed by atoms with Gasteiger partial charge < -0.3 is 14.5 Å². The number of nitrogens with zero attached hydrogens (tertiary/aromatic N) is 3. The van der Waals surface area contributed by atoms with Crippen molar-refractivity contribution >= 4 is 12.0 Å². The molecule has 0 spiro atoms. The second kappa shape index (κ2) is 9.69. The number of benzene rings is 3. The predicted molar refractivity (Wildman–Crippen MR) is 131 cm³/mol. The highest BCUT2D eigenvalue weighted by atomic mass is 16.6. The Hall–Kier alpha value is -3.64. The van der Waals surface area contributed by atoms with E-state index >= 15 is 0 Å². The van der Waals surface area contributed by atoms with Gasteiger partial charge in [-0.15, -0.1) is 0 Å². The lowest BCUT2D eigenvalue weighted by Crippen LogP contribution is -2.47. The quantitative estimate of drug-likeness (QED) is 0.571. The van der Waals surface area contributed by atoms with Crippen molar-refractivity contribution in [3.8, 4) is 11.1 Å². The molecule has 6 nitrogen and oxygen atoms in total. The zero-order valence-corrected chi connectivity index (χ0v) is 19.4. The van der Waals surface area contributed by atoms with E-state index in [1.807, 2.05) is 71.6 Å². The summed E-state index contributed by atoms with van der Waals surface area (Å²) in [4.78, 5) is 31.0. The maximum atomic E-state index is 12.8. The molecule has 0 N–H and O–H groups in total. The predicted octanol–water partition coefficient (Wildman–Crippen LogP) is 4.43. The van der Waals surface area contributed by atoms with Crippen molar-refractivity contribution in [3.63, 3.8) is 0 Å². The van der Waals surface area contributed by atoms with Gasteiger partial charge in [0.25, 0.3) is 5.91 Å². The van der Waals surface area contributed by atoms with E-state index in [1.165, 1.54) is 0 Å². The van der Waals surface area contributed by atoms with E-state index in [0.29, 0.717) is 13.1 Å². The van der Waals surface area contributed by atoms with E-state index in [9.17, 15) is 9.59 Å². The summed E-state index contributed by atoms with van der Waals surface area (Å²) in [5.41, 5.74) is 4.93. The van der Waals surface area contributed by atoms with Gasteiger partial charge in [0.05, 0.1) is 6.54 Å². The van der Waals surface area contributed by atoms with Crippen LogP contribution >= 0.6 is 0 Å². The van der Waals surface area contributed by atoms with E-state index in [-0.39, 0.29) is 18.1 Å². The number of piperazine rings is 1. The molecular formula is C28H29N3O3. The van der Waals surface area contributed by atoms with Gasteiger partial charge in [0.2, 0.25) is 0 Å². The highest BCUT2D eigenvalue weighted by Crippen LogP contribution is 2.28. The average molecular weight is 456 g/mol. The molecule has 3 aromatic carbocycles. The van der Waals surface area contributed by atoms with Gasteiger partial charge in [-0.05, 0) is 41.4 Å². The van der Waals surface area contributed by atoms with Crippen LogP contribution in [0.3, 0.4) is 0 Å². The van der Waals surface area contributed by atoms with E-state index in [0.717, 1.165) is 54.0 Å². The lowest BCUT2D eigenvalue weighted by Gasteiger charge is -2.32. The van der Waals surface area contributed by atoms with E-state index < -0.39 is 0 Å². The Bertz CT molecular complexity index is 1140. The number of hydrogen-bond donors (Lipinski definition) is 0. The normalized spacial score (nSPS) is 18.7. The fourth-order valence-electron chi connectivity index (χ4n) is 4.50. The first-order chi connectivity index (χ1) is 16.6. The van der Waals surface area contributed by atoms with Gasteiger partial charge in [-0.1, -0.05) is 66.7 Å². The molecule has 1 atom stereocenters. The van der Waals surface area contributed by atoms with Gasteiger partial charge in [-0.25, -0.2) is 4.79 Å². The summed E-state index contributed by atoms with van der Waals surface area (Å²) < 4.78 is 5.56. The van der Waals surface area contributed by atoms with Crippen LogP contribution in [0.2, 0.25) is 0 Å². The van der Waals surface area contributed by atoms with Gasteiger partial charge in [0.1, 0.15) is 6.10 Å². The maximum Gasteiger partial charge on any atom is 0.410 e. The van der Waals surface area contributed by atoms with Crippen molar-refractivity contribution in [2.24, 2.45) is 0 Å². The molecule has 6 heteroatoms. The van der Waals surface area contributed by atoms with Crippen LogP contribution in [0.25, 0.3) is 11.1 Å². The maximum absolute atomic E-state index is 12.8. The third kappa shape index (κ3) is 4.82. The third-order valence-electron chi connectivity index (χ3n) is 6.64. The Balaban J connectivity index is 1.20. The lowest BCUT2D eigenvalue weighted by molar-refractivity contribution is 0.0664. The Morgan fingerprint density at radius 1 is 0.853 bits per heavy atom. The molecule has 0 aromatic heterocycles. The third-order valence-corrected chi connectivity index (χ3v) is 6.64. The number of amides is 2. The molecule has 174 valence electrons. The largest absolute Gasteiger partial charge is 0.439 e. The van der Waals surface area contributed by atoms with Crippen molar-refractivity contribution in [1.29, 1.82) is 0 Å². The molecule has 2 aliphatic heterocycles. The van der Waals surface area contributed by atoms with Gasteiger partial charge in [-0.3, -0.25) is 9.69 Å². The summed E-state index contributed by atoms with van der Waals surface area (Å²) in [6, 6.07) is 25.9. The fraction of sp³-hybridized carbons (Fsp3) is 0.286. The molecule has 0 unspecified atom stereocenters. The molecule has 0 bridgehead atoms. The second-order valence-corrected chi connectivity index (χ2v) is 9.03. The van der Waals surface area contributed by atoms with Crippen molar-refractivity contribution in [2.45, 2.75) is 12.6 Å². The number of rotatable bonds is 5. The Morgan fingerprint density at radius 2 is 1.47 bits per heavy atom. The number of cyclic esters (lactones) is 1. The van der Waals surface area contributed by atoms with E-state index in [2.05, 4.69) is 24.1 Å². The van der Waals surface area contributed by atoms with Crippen molar-refractivity contribution < 1.29 is 14.3 Å². The fourth-order valence-corrected chi connectivity index (χ4v) is 4.50. The summed E-state index contributed by atoms with van der Waals surface area (Å²) in [6.45, 7) is 4.44. The lowest BCUT2D eigenvalue weighted by atomic mass is 10.0. The summed E-state index contributed by atoms with van der Waals surface area (Å²) >= 11 is 0. The Kier molecular flexibility index (Phi) is 6.32. The smallest absolute Gasteiger partial charge is 0.410 e. The molecule has 2 fully saturated rings. The van der Waals surface area contributed by atoms with Crippen molar-refractivity contribution in [3.05, 3.63) is 95.6 Å². The number of carbonyl (C=O) groups excluding carboxylic acids is 2. The van der Waals surface area contributed by atoms with Crippen LogP contribution in [0, 0.1) is 0 Å². The Labute approximate surface area is 200 Å². The van der Waals surface area contributed by atoms with Gasteiger partial charge in [-0.2, -0.15) is 0 Å². The minimum atomic E-state index is -0.279. The zero-order valence-electron chi connectivity index (χ0n) is 19.4. The van der Waals surface area contributed by atoms with E-state index in [1.54, 1.807) is 4.90 Å². The molecule has 34 heavy (non-hydrogen) atoms. The molecule has 5 rings (SSSR count). The van der Waals surface area contributed by atoms with E-state index in [4.69, 9.17) is 4.74 Å². The monoisotopic (exact) mass is 455 g/mol. The second-order valence-electron chi connectivity index (χ2n) is 9.03. The Morgan fingerprint density at radius 3 is 2.12 bits per heavy atom. The molecule has 2 heterocycles. The molecule has 0 saturated carbocycles. The number of ether oxygens (including phenoxy) is 1. The average Bonchev–Trinajstić information content (AvgIpc) is 3.25. The summed E-state index contributed by atoms with van der Waals surface area (Å²) in [6.07, 6.45) is -0.501. The van der Waals surface area contributed by atoms with Crippen LogP contribution in [-0.2, 0) is 11.3 Å².